The van der Waals surface area contributed by atoms with Crippen LogP contribution in [-0.4, -0.2) is 25.7 Å². The molecule has 0 bridgehead atoms. The van der Waals surface area contributed by atoms with E-state index in [9.17, 15) is 4.79 Å². The number of aromatic nitrogens is 4. The summed E-state index contributed by atoms with van der Waals surface area (Å²) >= 11 is 1.44. The Hall–Kier alpha value is -1.50. The summed E-state index contributed by atoms with van der Waals surface area (Å²) in [4.78, 5) is 12.1. The third-order valence-corrected chi connectivity index (χ3v) is 3.20. The summed E-state index contributed by atoms with van der Waals surface area (Å²) in [5.74, 6) is 0.386. The molecule has 2 aromatic heterocycles. The fourth-order valence-corrected chi connectivity index (χ4v) is 2.08. The summed E-state index contributed by atoms with van der Waals surface area (Å²) in [7, 11) is 0. The van der Waals surface area contributed by atoms with Gasteiger partial charge >= 0.3 is 0 Å². The summed E-state index contributed by atoms with van der Waals surface area (Å²) in [6.07, 6.45) is 3.60. The normalized spacial score (nSPS) is 15.7. The highest BCUT2D eigenvalue weighted by Gasteiger charge is 2.29. The van der Waals surface area contributed by atoms with E-state index < -0.39 is 0 Å². The van der Waals surface area contributed by atoms with E-state index in [4.69, 9.17) is 0 Å². The maximum Gasteiger partial charge on any atom is 0.234 e. The quantitative estimate of drug-likeness (QED) is 0.807. The lowest BCUT2D eigenvalue weighted by Gasteiger charge is -1.99. The fourth-order valence-electron chi connectivity index (χ4n) is 1.33. The van der Waals surface area contributed by atoms with E-state index in [2.05, 4.69) is 20.6 Å². The van der Waals surface area contributed by atoms with Crippen molar-refractivity contribution in [2.75, 3.05) is 0 Å². The molecular weight excluding hydrogens is 214 g/mol. The first-order valence-corrected chi connectivity index (χ1v) is 5.58. The zero-order valence-corrected chi connectivity index (χ0v) is 8.70. The molecule has 6 nitrogen and oxygen atoms in total. The van der Waals surface area contributed by atoms with E-state index in [0.29, 0.717) is 6.54 Å². The minimum Gasteiger partial charge on any atom is -0.349 e. The molecule has 15 heavy (non-hydrogen) atoms. The predicted octanol–water partition coefficient (Wildman–Crippen LogP) is 0.212. The predicted molar refractivity (Wildman–Crippen MR) is 53.2 cm³/mol. The lowest BCUT2D eigenvalue weighted by Crippen LogP contribution is -2.24. The average Bonchev–Trinajstić information content (AvgIpc) is 2.86. The maximum atomic E-state index is 11.4. The molecule has 1 aliphatic carbocycles. The topological polar surface area (TPSA) is 72.2 Å². The van der Waals surface area contributed by atoms with Gasteiger partial charge in [-0.1, -0.05) is 11.3 Å². The number of hydrogen-bond acceptors (Lipinski definition) is 5. The molecule has 0 spiro atoms. The van der Waals surface area contributed by atoms with Crippen LogP contribution in [0.1, 0.15) is 17.8 Å². The zero-order chi connectivity index (χ0) is 10.3. The molecule has 0 radical (unpaired) electrons. The van der Waals surface area contributed by atoms with Gasteiger partial charge in [0.05, 0.1) is 6.54 Å². The van der Waals surface area contributed by atoms with Gasteiger partial charge in [-0.05, 0) is 12.8 Å². The summed E-state index contributed by atoms with van der Waals surface area (Å²) < 4.78 is 1.61. The van der Waals surface area contributed by atoms with Gasteiger partial charge in [0.15, 0.2) is 0 Å². The molecule has 7 heteroatoms. The molecule has 1 saturated carbocycles. The van der Waals surface area contributed by atoms with Gasteiger partial charge in [0.25, 0.3) is 0 Å². The van der Waals surface area contributed by atoms with E-state index in [0.717, 1.165) is 22.8 Å². The number of carbonyl (C=O) groups excluding carboxylic acids is 1. The Bertz CT molecular complexity index is 471. The van der Waals surface area contributed by atoms with Crippen LogP contribution < -0.4 is 5.32 Å². The van der Waals surface area contributed by atoms with Crippen molar-refractivity contribution in [1.29, 1.82) is 0 Å². The Kier molecular flexibility index (Phi) is 1.91. The van der Waals surface area contributed by atoms with Crippen molar-refractivity contribution in [3.8, 4) is 0 Å². The second-order valence-corrected chi connectivity index (χ2v) is 4.59. The van der Waals surface area contributed by atoms with Crippen molar-refractivity contribution >= 4 is 22.2 Å². The lowest BCUT2D eigenvalue weighted by atomic mass is 10.4. The van der Waals surface area contributed by atoms with Crippen LogP contribution in [0.4, 0.5) is 0 Å². The SMILES string of the molecule is O=C(NCc1nn2cnnc2s1)C1CC1. The Labute approximate surface area is 89.3 Å². The van der Waals surface area contributed by atoms with Crippen LogP contribution in [0.3, 0.4) is 0 Å². The molecule has 2 aromatic rings. The second kappa shape index (κ2) is 3.27. The highest BCUT2D eigenvalue weighted by molar-refractivity contribution is 7.16. The van der Waals surface area contributed by atoms with Crippen molar-refractivity contribution in [1.82, 2.24) is 25.1 Å². The minimum atomic E-state index is 0.140. The molecule has 0 saturated heterocycles. The molecule has 0 aromatic carbocycles. The zero-order valence-electron chi connectivity index (χ0n) is 7.88. The van der Waals surface area contributed by atoms with E-state index in [-0.39, 0.29) is 11.8 Å². The second-order valence-electron chi connectivity index (χ2n) is 3.55. The lowest BCUT2D eigenvalue weighted by molar-refractivity contribution is -0.122. The van der Waals surface area contributed by atoms with E-state index in [1.165, 1.54) is 11.3 Å². The Morgan fingerprint density at radius 3 is 3.27 bits per heavy atom. The van der Waals surface area contributed by atoms with Crippen molar-refractivity contribution in [2.45, 2.75) is 19.4 Å². The number of rotatable bonds is 3. The molecule has 0 aliphatic heterocycles. The Morgan fingerprint density at radius 1 is 1.67 bits per heavy atom. The van der Waals surface area contributed by atoms with Crippen molar-refractivity contribution in [3.63, 3.8) is 0 Å². The number of amides is 1. The highest BCUT2D eigenvalue weighted by Crippen LogP contribution is 2.28. The molecule has 2 heterocycles. The van der Waals surface area contributed by atoms with Crippen LogP contribution in [0.25, 0.3) is 4.96 Å². The fraction of sp³-hybridized carbons (Fsp3) is 0.500. The Balaban J connectivity index is 1.67. The third-order valence-electron chi connectivity index (χ3n) is 2.29. The highest BCUT2D eigenvalue weighted by atomic mass is 32.1. The number of carbonyl (C=O) groups is 1. The molecule has 1 N–H and O–H groups in total. The van der Waals surface area contributed by atoms with Gasteiger partial charge in [-0.15, -0.1) is 10.2 Å². The van der Waals surface area contributed by atoms with Crippen LogP contribution >= 0.6 is 11.3 Å². The van der Waals surface area contributed by atoms with E-state index in [1.54, 1.807) is 10.8 Å². The largest absolute Gasteiger partial charge is 0.349 e. The molecule has 1 fully saturated rings. The molecule has 0 atom stereocenters. The summed E-state index contributed by atoms with van der Waals surface area (Å²) in [5.41, 5.74) is 0. The van der Waals surface area contributed by atoms with E-state index >= 15 is 0 Å². The first kappa shape index (κ1) is 8.78. The molecule has 1 amide bonds. The van der Waals surface area contributed by atoms with Crippen molar-refractivity contribution in [2.24, 2.45) is 5.92 Å². The van der Waals surface area contributed by atoms with Gasteiger partial charge in [0.1, 0.15) is 11.3 Å². The maximum absolute atomic E-state index is 11.4. The first-order valence-electron chi connectivity index (χ1n) is 4.76. The monoisotopic (exact) mass is 223 g/mol. The summed E-state index contributed by atoms with van der Waals surface area (Å²) in [5, 5.41) is 15.5. The minimum absolute atomic E-state index is 0.140. The van der Waals surface area contributed by atoms with Gasteiger partial charge in [-0.25, -0.2) is 0 Å². The number of nitrogens with zero attached hydrogens (tertiary/aromatic N) is 4. The van der Waals surface area contributed by atoms with Crippen LogP contribution in [-0.2, 0) is 11.3 Å². The van der Waals surface area contributed by atoms with Gasteiger partial charge in [0, 0.05) is 5.92 Å². The van der Waals surface area contributed by atoms with Crippen LogP contribution in [0.15, 0.2) is 6.33 Å². The standard InChI is InChI=1S/C8H9N5OS/c14-7(5-1-2-5)9-3-6-12-13-4-10-11-8(13)15-6/h4-5H,1-3H2,(H,9,14). The van der Waals surface area contributed by atoms with Gasteiger partial charge < -0.3 is 5.32 Å². The van der Waals surface area contributed by atoms with Crippen molar-refractivity contribution < 1.29 is 4.79 Å². The van der Waals surface area contributed by atoms with Crippen molar-refractivity contribution in [3.05, 3.63) is 11.3 Å². The summed E-state index contributed by atoms with van der Waals surface area (Å²) in [6, 6.07) is 0. The van der Waals surface area contributed by atoms with Gasteiger partial charge in [-0.2, -0.15) is 9.61 Å². The molecule has 78 valence electrons. The third kappa shape index (κ3) is 1.70. The molecular formula is C8H9N5OS. The molecule has 3 rings (SSSR count). The van der Waals surface area contributed by atoms with Crippen LogP contribution in [0.5, 0.6) is 0 Å². The number of nitrogens with one attached hydrogen (secondary N) is 1. The van der Waals surface area contributed by atoms with E-state index in [1.807, 2.05) is 0 Å². The average molecular weight is 223 g/mol. The van der Waals surface area contributed by atoms with Crippen LogP contribution in [0.2, 0.25) is 0 Å². The molecule has 1 aliphatic rings. The Morgan fingerprint density at radius 2 is 2.53 bits per heavy atom. The van der Waals surface area contributed by atoms with Gasteiger partial charge in [0.2, 0.25) is 10.9 Å². The molecule has 0 unspecified atom stereocenters. The van der Waals surface area contributed by atoms with Crippen LogP contribution in [0, 0.1) is 5.92 Å². The number of fused-ring (bicyclic) bond motifs is 1. The number of hydrogen-bond donors (Lipinski definition) is 1. The van der Waals surface area contributed by atoms with Gasteiger partial charge in [-0.3, -0.25) is 4.79 Å². The smallest absolute Gasteiger partial charge is 0.234 e. The summed E-state index contributed by atoms with van der Waals surface area (Å²) in [6.45, 7) is 0.489. The first-order chi connectivity index (χ1) is 7.33.